The van der Waals surface area contributed by atoms with Crippen molar-refractivity contribution in [2.45, 2.75) is 46.8 Å². The molecule has 0 saturated carbocycles. The van der Waals surface area contributed by atoms with Crippen molar-refractivity contribution >= 4 is 17.2 Å². The Bertz CT molecular complexity index is 592. The van der Waals surface area contributed by atoms with Gasteiger partial charge in [0.15, 0.2) is 0 Å². The Morgan fingerprint density at radius 1 is 1.24 bits per heavy atom. The number of hydrogen-bond donors (Lipinski definition) is 1. The van der Waals surface area contributed by atoms with Crippen LogP contribution in [-0.2, 0) is 13.1 Å². The van der Waals surface area contributed by atoms with Crippen molar-refractivity contribution in [2.24, 2.45) is 0 Å². The number of thiazole rings is 1. The van der Waals surface area contributed by atoms with Crippen LogP contribution in [0.15, 0.2) is 17.5 Å². The van der Waals surface area contributed by atoms with E-state index in [2.05, 4.69) is 58.6 Å². The van der Waals surface area contributed by atoms with E-state index in [-0.39, 0.29) is 0 Å². The minimum absolute atomic E-state index is 0.484. The second-order valence-electron chi connectivity index (χ2n) is 5.72. The molecular weight excluding hydrogens is 280 g/mol. The van der Waals surface area contributed by atoms with Crippen LogP contribution in [0, 0.1) is 13.8 Å². The molecule has 0 unspecified atom stereocenters. The molecule has 1 N–H and O–H groups in total. The van der Waals surface area contributed by atoms with Crippen molar-refractivity contribution in [3.05, 3.63) is 39.5 Å². The highest BCUT2D eigenvalue weighted by Gasteiger charge is 2.08. The van der Waals surface area contributed by atoms with Gasteiger partial charge in [0.1, 0.15) is 5.82 Å². The first-order valence-electron chi connectivity index (χ1n) is 7.27. The number of pyridine rings is 1. The maximum Gasteiger partial charge on any atom is 0.129 e. The summed E-state index contributed by atoms with van der Waals surface area (Å²) >= 11 is 1.69. The molecule has 0 spiro atoms. The SMILES string of the molecule is Cc1cc(CNC(C)C)cc(N(C)Cc2csc(C)n2)n1. The van der Waals surface area contributed by atoms with E-state index in [0.29, 0.717) is 6.04 Å². The number of aryl methyl sites for hydroxylation is 2. The number of hydrogen-bond acceptors (Lipinski definition) is 5. The monoisotopic (exact) mass is 304 g/mol. The molecule has 2 aromatic rings. The molecule has 0 aliphatic heterocycles. The highest BCUT2D eigenvalue weighted by molar-refractivity contribution is 7.09. The number of nitrogens with one attached hydrogen (secondary N) is 1. The van der Waals surface area contributed by atoms with Crippen LogP contribution in [0.4, 0.5) is 5.82 Å². The molecular formula is C16H24N4S. The van der Waals surface area contributed by atoms with Gasteiger partial charge in [0.05, 0.1) is 17.2 Å². The largest absolute Gasteiger partial charge is 0.354 e. The lowest BCUT2D eigenvalue weighted by Gasteiger charge is -2.19. The van der Waals surface area contributed by atoms with Gasteiger partial charge in [-0.2, -0.15) is 0 Å². The molecule has 0 bridgehead atoms. The Balaban J connectivity index is 2.10. The van der Waals surface area contributed by atoms with Gasteiger partial charge in [0, 0.05) is 30.7 Å². The maximum atomic E-state index is 4.64. The van der Waals surface area contributed by atoms with E-state index in [9.17, 15) is 0 Å². The molecule has 0 aromatic carbocycles. The molecule has 0 atom stereocenters. The quantitative estimate of drug-likeness (QED) is 0.889. The van der Waals surface area contributed by atoms with E-state index in [0.717, 1.165) is 35.3 Å². The molecule has 0 fully saturated rings. The van der Waals surface area contributed by atoms with Gasteiger partial charge >= 0.3 is 0 Å². The van der Waals surface area contributed by atoms with Crippen LogP contribution >= 0.6 is 11.3 Å². The molecule has 5 heteroatoms. The zero-order valence-electron chi connectivity index (χ0n) is 13.5. The van der Waals surface area contributed by atoms with E-state index < -0.39 is 0 Å². The molecule has 21 heavy (non-hydrogen) atoms. The Morgan fingerprint density at radius 2 is 2.00 bits per heavy atom. The second kappa shape index (κ2) is 7.00. The molecule has 0 radical (unpaired) electrons. The molecule has 4 nitrogen and oxygen atoms in total. The van der Waals surface area contributed by atoms with Crippen LogP contribution in [0.5, 0.6) is 0 Å². The summed E-state index contributed by atoms with van der Waals surface area (Å²) < 4.78 is 0. The van der Waals surface area contributed by atoms with Gasteiger partial charge in [-0.15, -0.1) is 11.3 Å². The van der Waals surface area contributed by atoms with Crippen molar-refractivity contribution in [1.29, 1.82) is 0 Å². The Kier molecular flexibility index (Phi) is 5.31. The molecule has 2 aromatic heterocycles. The van der Waals surface area contributed by atoms with Crippen molar-refractivity contribution < 1.29 is 0 Å². The highest BCUT2D eigenvalue weighted by atomic mass is 32.1. The molecule has 0 amide bonds. The van der Waals surface area contributed by atoms with Crippen LogP contribution in [0.2, 0.25) is 0 Å². The predicted molar refractivity (Wildman–Crippen MR) is 89.9 cm³/mol. The van der Waals surface area contributed by atoms with Crippen molar-refractivity contribution in [3.63, 3.8) is 0 Å². The first-order valence-corrected chi connectivity index (χ1v) is 8.15. The first kappa shape index (κ1) is 15.9. The van der Waals surface area contributed by atoms with E-state index in [4.69, 9.17) is 0 Å². The maximum absolute atomic E-state index is 4.64. The summed E-state index contributed by atoms with van der Waals surface area (Å²) in [5.74, 6) is 1.00. The number of aromatic nitrogens is 2. The fourth-order valence-electron chi connectivity index (χ4n) is 2.15. The molecule has 2 rings (SSSR count). The van der Waals surface area contributed by atoms with E-state index in [1.165, 1.54) is 5.56 Å². The lowest BCUT2D eigenvalue weighted by Crippen LogP contribution is -2.23. The summed E-state index contributed by atoms with van der Waals surface area (Å²) in [5.41, 5.74) is 3.42. The summed E-state index contributed by atoms with van der Waals surface area (Å²) in [5, 5.41) is 6.67. The second-order valence-corrected chi connectivity index (χ2v) is 6.79. The Labute approximate surface area is 131 Å². The van der Waals surface area contributed by atoms with E-state index in [1.807, 2.05) is 13.8 Å². The van der Waals surface area contributed by atoms with Crippen LogP contribution in [-0.4, -0.2) is 23.1 Å². The number of anilines is 1. The van der Waals surface area contributed by atoms with Gasteiger partial charge in [0.2, 0.25) is 0 Å². The summed E-state index contributed by atoms with van der Waals surface area (Å²) in [6, 6.07) is 4.78. The van der Waals surface area contributed by atoms with Crippen molar-refractivity contribution in [2.75, 3.05) is 11.9 Å². The number of nitrogens with zero attached hydrogens (tertiary/aromatic N) is 3. The third-order valence-corrected chi connectivity index (χ3v) is 3.99. The third-order valence-electron chi connectivity index (χ3n) is 3.17. The smallest absolute Gasteiger partial charge is 0.129 e. The standard InChI is InChI=1S/C16H24N4S/c1-11(2)17-8-14-6-12(3)18-16(7-14)20(5)9-15-10-21-13(4)19-15/h6-7,10-11,17H,8-9H2,1-5H3. The summed E-state index contributed by atoms with van der Waals surface area (Å²) in [6.45, 7) is 10.1. The molecule has 2 heterocycles. The fourth-order valence-corrected chi connectivity index (χ4v) is 2.75. The highest BCUT2D eigenvalue weighted by Crippen LogP contribution is 2.17. The fraction of sp³-hybridized carbons (Fsp3) is 0.500. The topological polar surface area (TPSA) is 41.0 Å². The molecule has 0 saturated heterocycles. The lowest BCUT2D eigenvalue weighted by molar-refractivity contribution is 0.588. The van der Waals surface area contributed by atoms with Crippen LogP contribution in [0.25, 0.3) is 0 Å². The average Bonchev–Trinajstić information content (AvgIpc) is 2.81. The predicted octanol–water partition coefficient (Wildman–Crippen LogP) is 3.29. The zero-order chi connectivity index (χ0) is 15.4. The minimum atomic E-state index is 0.484. The van der Waals surface area contributed by atoms with Crippen LogP contribution in [0.3, 0.4) is 0 Å². The van der Waals surface area contributed by atoms with Gasteiger partial charge in [-0.1, -0.05) is 13.8 Å². The van der Waals surface area contributed by atoms with Crippen LogP contribution < -0.4 is 10.2 Å². The van der Waals surface area contributed by atoms with Gasteiger partial charge in [-0.3, -0.25) is 0 Å². The zero-order valence-corrected chi connectivity index (χ0v) is 14.3. The van der Waals surface area contributed by atoms with Gasteiger partial charge in [-0.05, 0) is 31.5 Å². The van der Waals surface area contributed by atoms with Gasteiger partial charge < -0.3 is 10.2 Å². The Morgan fingerprint density at radius 3 is 2.62 bits per heavy atom. The molecule has 0 aliphatic rings. The van der Waals surface area contributed by atoms with Gasteiger partial charge in [-0.25, -0.2) is 9.97 Å². The normalized spacial score (nSPS) is 11.1. The first-order chi connectivity index (χ1) is 9.94. The summed E-state index contributed by atoms with van der Waals surface area (Å²) in [4.78, 5) is 11.3. The van der Waals surface area contributed by atoms with Gasteiger partial charge in [0.25, 0.3) is 0 Å². The van der Waals surface area contributed by atoms with Crippen LogP contribution in [0.1, 0.15) is 35.8 Å². The molecule has 0 aliphatic carbocycles. The third kappa shape index (κ3) is 4.79. The van der Waals surface area contributed by atoms with Crippen molar-refractivity contribution in [3.8, 4) is 0 Å². The Hall–Kier alpha value is -1.46. The lowest BCUT2D eigenvalue weighted by atomic mass is 10.2. The van der Waals surface area contributed by atoms with E-state index >= 15 is 0 Å². The average molecular weight is 304 g/mol. The summed E-state index contributed by atoms with van der Waals surface area (Å²) in [6.07, 6.45) is 0. The molecule has 114 valence electrons. The van der Waals surface area contributed by atoms with Crippen molar-refractivity contribution in [1.82, 2.24) is 15.3 Å². The summed E-state index contributed by atoms with van der Waals surface area (Å²) in [7, 11) is 2.07. The minimum Gasteiger partial charge on any atom is -0.354 e. The number of rotatable bonds is 6. The van der Waals surface area contributed by atoms with E-state index in [1.54, 1.807) is 11.3 Å².